The Morgan fingerprint density at radius 1 is 1.00 bits per heavy atom. The molecule has 5 aromatic rings. The first-order chi connectivity index (χ1) is 22.7. The lowest BCUT2D eigenvalue weighted by atomic mass is 9.99. The molecule has 13 heteroatoms. The lowest BCUT2D eigenvalue weighted by Crippen LogP contribution is -2.29. The maximum atomic E-state index is 14.3. The highest BCUT2D eigenvalue weighted by molar-refractivity contribution is 7.86. The summed E-state index contributed by atoms with van der Waals surface area (Å²) in [6.45, 7) is 0.772. The lowest BCUT2D eigenvalue weighted by Gasteiger charge is -2.18. The number of pyridine rings is 2. The Morgan fingerprint density at radius 2 is 1.81 bits per heavy atom. The van der Waals surface area contributed by atoms with E-state index >= 15 is 0 Å². The van der Waals surface area contributed by atoms with Gasteiger partial charge in [-0.15, -0.1) is 0 Å². The summed E-state index contributed by atoms with van der Waals surface area (Å²) in [5.41, 5.74) is 4.36. The summed E-state index contributed by atoms with van der Waals surface area (Å²) >= 11 is 0. The number of ether oxygens (including phenoxy) is 2. The number of hydrogen-bond donors (Lipinski definition) is 3. The number of anilines is 2. The number of hydrogen-bond acceptors (Lipinski definition) is 8. The Balaban J connectivity index is 1.34. The van der Waals surface area contributed by atoms with Crippen LogP contribution in [0.3, 0.4) is 0 Å². The van der Waals surface area contributed by atoms with Crippen LogP contribution in [0, 0.1) is 11.6 Å². The highest BCUT2D eigenvalue weighted by Gasteiger charge is 2.27. The molecule has 1 fully saturated rings. The Hall–Kier alpha value is -5.14. The second-order valence-electron chi connectivity index (χ2n) is 10.9. The number of carbonyl (C=O) groups is 1. The molecule has 0 bridgehead atoms. The van der Waals surface area contributed by atoms with Gasteiger partial charge in [0.05, 0.1) is 36.3 Å². The van der Waals surface area contributed by atoms with Gasteiger partial charge in [-0.3, -0.25) is 9.52 Å². The largest absolute Gasteiger partial charge is 0.496 e. The molecular formula is C34H31F2N5O5S. The fourth-order valence-corrected chi connectivity index (χ4v) is 6.41. The molecule has 0 aliphatic carbocycles. The van der Waals surface area contributed by atoms with Gasteiger partial charge in [-0.25, -0.2) is 23.0 Å². The van der Waals surface area contributed by atoms with Crippen molar-refractivity contribution in [3.8, 4) is 33.9 Å². The van der Waals surface area contributed by atoms with Crippen molar-refractivity contribution in [1.29, 1.82) is 0 Å². The number of likely N-dealkylation sites (tertiary alicyclic amines) is 1. The Kier molecular flexibility index (Phi) is 9.01. The van der Waals surface area contributed by atoms with E-state index in [9.17, 15) is 22.9 Å². The average Bonchev–Trinajstić information content (AvgIpc) is 3.52. The Morgan fingerprint density at radius 3 is 2.51 bits per heavy atom. The molecule has 10 nitrogen and oxygen atoms in total. The highest BCUT2D eigenvalue weighted by Crippen LogP contribution is 2.36. The van der Waals surface area contributed by atoms with Gasteiger partial charge in [0.1, 0.15) is 28.9 Å². The average molecular weight is 660 g/mol. The van der Waals surface area contributed by atoms with Crippen molar-refractivity contribution in [3.05, 3.63) is 90.1 Å². The fourth-order valence-electron chi connectivity index (χ4n) is 5.53. The van der Waals surface area contributed by atoms with Gasteiger partial charge < -0.3 is 24.8 Å². The van der Waals surface area contributed by atoms with Crippen molar-refractivity contribution in [2.24, 2.45) is 0 Å². The molecule has 47 heavy (non-hydrogen) atoms. The summed E-state index contributed by atoms with van der Waals surface area (Å²) in [5.74, 6) is -0.735. The van der Waals surface area contributed by atoms with Crippen LogP contribution in [0.25, 0.3) is 33.2 Å². The first-order valence-electron chi connectivity index (χ1n) is 14.6. The smallest absolute Gasteiger partial charge is 0.257 e. The monoisotopic (exact) mass is 659 g/mol. The number of benzene rings is 3. The third-order valence-corrected chi connectivity index (χ3v) is 9.06. The number of methoxy groups -OCH3 is 2. The van der Waals surface area contributed by atoms with Crippen LogP contribution in [0.15, 0.2) is 77.8 Å². The number of aliphatic hydroxyl groups is 1. The molecule has 242 valence electrons. The van der Waals surface area contributed by atoms with E-state index in [4.69, 9.17) is 14.5 Å². The summed E-state index contributed by atoms with van der Waals surface area (Å²) in [4.78, 5) is 23.7. The summed E-state index contributed by atoms with van der Waals surface area (Å²) in [6.07, 6.45) is 1.62. The zero-order valence-corrected chi connectivity index (χ0v) is 26.5. The van der Waals surface area contributed by atoms with E-state index in [1.54, 1.807) is 36.3 Å². The van der Waals surface area contributed by atoms with E-state index in [-0.39, 0.29) is 28.9 Å². The molecule has 3 heterocycles. The third-order valence-electron chi connectivity index (χ3n) is 7.92. The molecule has 1 aliphatic rings. The quantitative estimate of drug-likeness (QED) is 0.186. The van der Waals surface area contributed by atoms with Crippen LogP contribution in [0.5, 0.6) is 11.6 Å². The molecule has 3 aromatic carbocycles. The molecule has 2 aromatic heterocycles. The fraction of sp³-hybridized carbons (Fsp3) is 0.206. The zero-order chi connectivity index (χ0) is 33.2. The van der Waals surface area contributed by atoms with Gasteiger partial charge in [0.2, 0.25) is 5.88 Å². The van der Waals surface area contributed by atoms with Crippen molar-refractivity contribution < 1.29 is 32.4 Å². The summed E-state index contributed by atoms with van der Waals surface area (Å²) < 4.78 is 54.3. The number of rotatable bonds is 9. The Labute approximate surface area is 272 Å². The van der Waals surface area contributed by atoms with E-state index in [0.717, 1.165) is 39.7 Å². The summed E-state index contributed by atoms with van der Waals surface area (Å²) in [6, 6.07) is 17.5. The van der Waals surface area contributed by atoms with Crippen LogP contribution in [-0.2, 0) is 11.0 Å². The number of nitrogens with one attached hydrogen (secondary N) is 2. The molecule has 2 unspecified atom stereocenters. The molecule has 0 radical (unpaired) electrons. The molecule has 3 N–H and O–H groups in total. The number of halogens is 2. The minimum absolute atomic E-state index is 0.143. The van der Waals surface area contributed by atoms with Crippen LogP contribution in [-0.4, -0.2) is 70.6 Å². The second kappa shape index (κ2) is 13.3. The molecular weight excluding hydrogens is 628 g/mol. The van der Waals surface area contributed by atoms with Crippen molar-refractivity contribution in [2.75, 3.05) is 44.4 Å². The van der Waals surface area contributed by atoms with Crippen molar-refractivity contribution in [2.45, 2.75) is 17.4 Å². The Bertz CT molecular complexity index is 2030. The van der Waals surface area contributed by atoms with E-state index in [1.165, 1.54) is 14.2 Å². The minimum Gasteiger partial charge on any atom is -0.496 e. The summed E-state index contributed by atoms with van der Waals surface area (Å²) in [7, 11) is 2.63. The van der Waals surface area contributed by atoms with E-state index < -0.39 is 28.7 Å². The number of nitrogens with zero attached hydrogens (tertiary/aromatic N) is 3. The van der Waals surface area contributed by atoms with Crippen LogP contribution >= 0.6 is 0 Å². The molecule has 1 aliphatic heterocycles. The number of β-amino-alcohol motifs (C(OH)–C–C–N with tert-alkyl or cyclic N) is 1. The van der Waals surface area contributed by atoms with Gasteiger partial charge in [-0.1, -0.05) is 12.1 Å². The van der Waals surface area contributed by atoms with Crippen LogP contribution in [0.4, 0.5) is 20.3 Å². The first-order valence-corrected chi connectivity index (χ1v) is 15.8. The summed E-state index contributed by atoms with van der Waals surface area (Å²) in [5, 5.41) is 13.9. The van der Waals surface area contributed by atoms with E-state index in [2.05, 4.69) is 15.0 Å². The standard InChI is InChI=1S/C34H31F2N5O5S/c1-37-32-26(20-4-7-25(30(15-20)45-2)34(43)41-11-10-24(42)18-41)13-21-12-19(5-8-28(21)39-32)22-14-29(33(46-3)38-17-22)40-47(44)31-9-6-23(35)16-27(31)36/h4-9,12-17,24,40,42H,10-11,18H2,1-3H3,(H,37,39). The van der Waals surface area contributed by atoms with Crippen molar-refractivity contribution >= 4 is 39.3 Å². The highest BCUT2D eigenvalue weighted by atomic mass is 32.2. The van der Waals surface area contributed by atoms with Gasteiger partial charge in [0.25, 0.3) is 5.91 Å². The minimum atomic E-state index is -2.07. The molecule has 0 saturated carbocycles. The molecule has 6 rings (SSSR count). The molecule has 1 amide bonds. The third kappa shape index (κ3) is 6.44. The molecule has 2 atom stereocenters. The van der Waals surface area contributed by atoms with Crippen LogP contribution in [0.1, 0.15) is 16.8 Å². The van der Waals surface area contributed by atoms with Crippen LogP contribution in [0.2, 0.25) is 0 Å². The predicted octanol–water partition coefficient (Wildman–Crippen LogP) is 5.64. The number of carbonyl (C=O) groups excluding carboxylic acids is 1. The van der Waals surface area contributed by atoms with Gasteiger partial charge in [0.15, 0.2) is 11.0 Å². The van der Waals surface area contributed by atoms with Gasteiger partial charge in [-0.05, 0) is 66.1 Å². The number of aliphatic hydroxyl groups excluding tert-OH is 1. The second-order valence-corrected chi connectivity index (χ2v) is 12.1. The van der Waals surface area contributed by atoms with Crippen molar-refractivity contribution in [1.82, 2.24) is 14.9 Å². The lowest BCUT2D eigenvalue weighted by molar-refractivity contribution is 0.0761. The van der Waals surface area contributed by atoms with Gasteiger partial charge in [0, 0.05) is 48.9 Å². The SMILES string of the molecule is CNc1nc2ccc(-c3cnc(OC)c(NS(=O)c4ccc(F)cc4F)c3)cc2cc1-c1ccc(C(=O)N2CCC(O)C2)c(OC)c1. The maximum absolute atomic E-state index is 14.3. The number of aromatic nitrogens is 2. The van der Waals surface area contributed by atoms with Gasteiger partial charge in [-0.2, -0.15) is 0 Å². The van der Waals surface area contributed by atoms with E-state index in [0.29, 0.717) is 41.7 Å². The van der Waals surface area contributed by atoms with Crippen LogP contribution < -0.4 is 19.5 Å². The number of amides is 1. The van der Waals surface area contributed by atoms with Crippen molar-refractivity contribution in [3.63, 3.8) is 0 Å². The number of fused-ring (bicyclic) bond motifs is 1. The first kappa shape index (κ1) is 31.8. The molecule has 1 saturated heterocycles. The maximum Gasteiger partial charge on any atom is 0.257 e. The molecule has 0 spiro atoms. The zero-order valence-electron chi connectivity index (χ0n) is 25.7. The topological polar surface area (TPSA) is 126 Å². The van der Waals surface area contributed by atoms with Gasteiger partial charge >= 0.3 is 0 Å². The predicted molar refractivity (Wildman–Crippen MR) is 176 cm³/mol. The van der Waals surface area contributed by atoms with E-state index in [1.807, 2.05) is 30.3 Å². The normalized spacial score (nSPS) is 15.0.